The van der Waals surface area contributed by atoms with E-state index in [0.29, 0.717) is 28.3 Å². The molecule has 8 heteroatoms. The lowest BCUT2D eigenvalue weighted by Crippen LogP contribution is -2.47. The van der Waals surface area contributed by atoms with Gasteiger partial charge in [-0.3, -0.25) is 9.80 Å². The molecular weight excluding hydrogens is 527 g/mol. The number of hydrogen-bond donors (Lipinski definition) is 1. The lowest BCUT2D eigenvalue weighted by molar-refractivity contribution is 0.180. The molecule has 0 aliphatic carbocycles. The van der Waals surface area contributed by atoms with E-state index in [1.807, 2.05) is 29.2 Å². The first kappa shape index (κ1) is 26.1. The SMILES string of the molecule is Cc1ccc2c(c1)C1(CCN(CC=Cc3ccc(Cl)c(Cl)c3)CC1)CN2C(=O)NCc1ccnc(Cl)c1. The number of pyridine rings is 1. The summed E-state index contributed by atoms with van der Waals surface area (Å²) in [6, 6.07) is 15.7. The Hall–Kier alpha value is -2.57. The fourth-order valence-electron chi connectivity index (χ4n) is 5.33. The summed E-state index contributed by atoms with van der Waals surface area (Å²) in [5, 5.41) is 4.62. The van der Waals surface area contributed by atoms with Crippen LogP contribution in [-0.4, -0.2) is 42.1 Å². The Morgan fingerprint density at radius 2 is 1.86 bits per heavy atom. The first-order valence-electron chi connectivity index (χ1n) is 12.4. The number of piperidine rings is 1. The van der Waals surface area contributed by atoms with Crippen LogP contribution < -0.4 is 10.2 Å². The third-order valence-electron chi connectivity index (χ3n) is 7.39. The van der Waals surface area contributed by atoms with Crippen molar-refractivity contribution in [2.75, 3.05) is 31.1 Å². The Morgan fingerprint density at radius 1 is 1.05 bits per heavy atom. The van der Waals surface area contributed by atoms with Crippen LogP contribution >= 0.6 is 34.8 Å². The molecular formula is C29H29Cl3N4O. The van der Waals surface area contributed by atoms with Crippen LogP contribution in [0.25, 0.3) is 6.08 Å². The highest BCUT2D eigenvalue weighted by atomic mass is 35.5. The van der Waals surface area contributed by atoms with Crippen LogP contribution in [0.4, 0.5) is 10.5 Å². The second-order valence-corrected chi connectivity index (χ2v) is 11.1. The van der Waals surface area contributed by atoms with Crippen molar-refractivity contribution in [1.82, 2.24) is 15.2 Å². The summed E-state index contributed by atoms with van der Waals surface area (Å²) < 4.78 is 0. The van der Waals surface area contributed by atoms with E-state index in [1.165, 1.54) is 11.1 Å². The van der Waals surface area contributed by atoms with Gasteiger partial charge in [0.05, 0.1) is 10.0 Å². The van der Waals surface area contributed by atoms with E-state index >= 15 is 0 Å². The van der Waals surface area contributed by atoms with E-state index in [4.69, 9.17) is 34.8 Å². The third-order valence-corrected chi connectivity index (χ3v) is 8.33. The molecule has 1 aromatic heterocycles. The van der Waals surface area contributed by atoms with Gasteiger partial charge in [0.25, 0.3) is 0 Å². The van der Waals surface area contributed by atoms with Crippen molar-refractivity contribution in [2.45, 2.75) is 31.7 Å². The highest BCUT2D eigenvalue weighted by Crippen LogP contribution is 2.47. The van der Waals surface area contributed by atoms with Gasteiger partial charge in [0.1, 0.15) is 5.15 Å². The predicted octanol–water partition coefficient (Wildman–Crippen LogP) is 7.13. The Bertz CT molecular complexity index is 1330. The van der Waals surface area contributed by atoms with E-state index in [0.717, 1.165) is 49.3 Å². The van der Waals surface area contributed by atoms with Gasteiger partial charge in [-0.2, -0.15) is 0 Å². The molecule has 5 nitrogen and oxygen atoms in total. The lowest BCUT2D eigenvalue weighted by Gasteiger charge is -2.39. The van der Waals surface area contributed by atoms with Gasteiger partial charge in [-0.05, 0) is 79.9 Å². The predicted molar refractivity (Wildman–Crippen MR) is 153 cm³/mol. The third kappa shape index (κ3) is 5.80. The number of carbonyl (C=O) groups is 1. The van der Waals surface area contributed by atoms with Crippen LogP contribution in [0.3, 0.4) is 0 Å². The maximum atomic E-state index is 13.3. The number of nitrogens with zero attached hydrogens (tertiary/aromatic N) is 3. The maximum absolute atomic E-state index is 13.3. The summed E-state index contributed by atoms with van der Waals surface area (Å²) in [7, 11) is 0. The smallest absolute Gasteiger partial charge is 0.322 e. The summed E-state index contributed by atoms with van der Waals surface area (Å²) in [4.78, 5) is 21.7. The minimum atomic E-state index is -0.0816. The van der Waals surface area contributed by atoms with Crippen LogP contribution in [0.5, 0.6) is 0 Å². The Kier molecular flexibility index (Phi) is 7.77. The summed E-state index contributed by atoms with van der Waals surface area (Å²) in [6.45, 7) is 6.04. The van der Waals surface area contributed by atoms with E-state index in [-0.39, 0.29) is 11.4 Å². The quantitative estimate of drug-likeness (QED) is 0.341. The van der Waals surface area contributed by atoms with Crippen LogP contribution in [0, 0.1) is 6.92 Å². The standard InChI is InChI=1S/C29H29Cl3N4O/c1-20-4-7-26-23(15-20)29(19-36(26)28(37)34-18-22-8-11-33-27(32)17-22)9-13-35(14-10-29)12-2-3-21-5-6-24(30)25(31)16-21/h2-8,11,15-17H,9-10,12-14,18-19H2,1H3,(H,34,37). The minimum absolute atomic E-state index is 0.0252. The summed E-state index contributed by atoms with van der Waals surface area (Å²) in [6.07, 6.45) is 7.93. The van der Waals surface area contributed by atoms with Crippen LogP contribution in [0.15, 0.2) is 60.8 Å². The average molecular weight is 556 g/mol. The van der Waals surface area contributed by atoms with Crippen LogP contribution in [-0.2, 0) is 12.0 Å². The molecule has 37 heavy (non-hydrogen) atoms. The fraction of sp³-hybridized carbons (Fsp3) is 0.310. The molecule has 2 aliphatic rings. The van der Waals surface area contributed by atoms with E-state index < -0.39 is 0 Å². The van der Waals surface area contributed by atoms with Gasteiger partial charge in [-0.25, -0.2) is 9.78 Å². The van der Waals surface area contributed by atoms with Crippen LogP contribution in [0.1, 0.15) is 35.1 Å². The molecule has 0 bridgehead atoms. The van der Waals surface area contributed by atoms with Crippen molar-refractivity contribution >= 4 is 52.6 Å². The van der Waals surface area contributed by atoms with Crippen LogP contribution in [0.2, 0.25) is 15.2 Å². The van der Waals surface area contributed by atoms with Gasteiger partial charge >= 0.3 is 6.03 Å². The maximum Gasteiger partial charge on any atom is 0.322 e. The number of likely N-dealkylation sites (tertiary alicyclic amines) is 1. The van der Waals surface area contributed by atoms with Crippen molar-refractivity contribution in [3.63, 3.8) is 0 Å². The normalized spacial score (nSPS) is 16.9. The highest BCUT2D eigenvalue weighted by Gasteiger charge is 2.46. The van der Waals surface area contributed by atoms with Crippen molar-refractivity contribution in [3.8, 4) is 0 Å². The molecule has 0 saturated carbocycles. The lowest BCUT2D eigenvalue weighted by atomic mass is 9.74. The second-order valence-electron chi connectivity index (χ2n) is 9.91. The first-order chi connectivity index (χ1) is 17.8. The van der Waals surface area contributed by atoms with E-state index in [1.54, 1.807) is 12.3 Å². The van der Waals surface area contributed by atoms with E-state index in [9.17, 15) is 4.79 Å². The zero-order valence-corrected chi connectivity index (χ0v) is 23.0. The molecule has 0 unspecified atom stereocenters. The number of fused-ring (bicyclic) bond motifs is 2. The van der Waals surface area contributed by atoms with Crippen molar-refractivity contribution < 1.29 is 4.79 Å². The fourth-order valence-corrected chi connectivity index (χ4v) is 5.84. The number of aromatic nitrogens is 1. The largest absolute Gasteiger partial charge is 0.334 e. The molecule has 3 aromatic rings. The summed E-state index contributed by atoms with van der Waals surface area (Å²) >= 11 is 18.2. The Balaban J connectivity index is 1.24. The zero-order chi connectivity index (χ0) is 26.0. The molecule has 1 N–H and O–H groups in total. The number of anilines is 1. The monoisotopic (exact) mass is 554 g/mol. The van der Waals surface area contributed by atoms with Gasteiger partial charge in [0, 0.05) is 36.9 Å². The molecule has 2 amide bonds. The topological polar surface area (TPSA) is 48.5 Å². The molecule has 2 aromatic carbocycles. The highest BCUT2D eigenvalue weighted by molar-refractivity contribution is 6.42. The van der Waals surface area contributed by atoms with Gasteiger partial charge in [-0.15, -0.1) is 0 Å². The molecule has 2 aliphatic heterocycles. The molecule has 5 rings (SSSR count). The van der Waals surface area contributed by atoms with E-state index in [2.05, 4.69) is 52.5 Å². The van der Waals surface area contributed by atoms with Gasteiger partial charge in [-0.1, -0.05) is 70.7 Å². The van der Waals surface area contributed by atoms with Gasteiger partial charge in [0.2, 0.25) is 0 Å². The number of aryl methyl sites for hydroxylation is 1. The summed E-state index contributed by atoms with van der Waals surface area (Å²) in [5.41, 5.74) is 5.47. The average Bonchev–Trinajstić information content (AvgIpc) is 3.19. The van der Waals surface area contributed by atoms with Crippen molar-refractivity contribution in [2.24, 2.45) is 0 Å². The molecule has 3 heterocycles. The summed E-state index contributed by atoms with van der Waals surface area (Å²) in [5.74, 6) is 0. The number of hydrogen-bond acceptors (Lipinski definition) is 3. The molecule has 1 spiro atoms. The number of carbonyl (C=O) groups excluding carboxylic acids is 1. The Labute approximate surface area is 233 Å². The molecule has 1 saturated heterocycles. The molecule has 0 atom stereocenters. The second kappa shape index (κ2) is 11.0. The van der Waals surface area contributed by atoms with Crippen molar-refractivity contribution in [3.05, 3.63) is 98.3 Å². The Morgan fingerprint density at radius 3 is 2.62 bits per heavy atom. The van der Waals surface area contributed by atoms with Crippen molar-refractivity contribution in [1.29, 1.82) is 0 Å². The number of nitrogens with one attached hydrogen (secondary N) is 1. The molecule has 1 fully saturated rings. The molecule has 0 radical (unpaired) electrons. The number of urea groups is 1. The molecule has 192 valence electrons. The number of rotatable bonds is 5. The van der Waals surface area contributed by atoms with Gasteiger partial charge < -0.3 is 5.32 Å². The number of benzene rings is 2. The van der Waals surface area contributed by atoms with Gasteiger partial charge in [0.15, 0.2) is 0 Å². The minimum Gasteiger partial charge on any atom is -0.334 e. The number of amides is 2. The zero-order valence-electron chi connectivity index (χ0n) is 20.7. The number of halogens is 3. The first-order valence-corrected chi connectivity index (χ1v) is 13.6.